The van der Waals surface area contributed by atoms with E-state index in [1.807, 2.05) is 0 Å². The number of hydrogen-bond acceptors (Lipinski definition) is 4. The summed E-state index contributed by atoms with van der Waals surface area (Å²) < 4.78 is 43.0. The molecule has 0 unspecified atom stereocenters. The summed E-state index contributed by atoms with van der Waals surface area (Å²) in [7, 11) is 0. The summed E-state index contributed by atoms with van der Waals surface area (Å²) in [5.41, 5.74) is 0.0728. The van der Waals surface area contributed by atoms with Gasteiger partial charge in [0, 0.05) is 16.8 Å². The van der Waals surface area contributed by atoms with Crippen molar-refractivity contribution in [3.05, 3.63) is 70.4 Å². The number of benzene rings is 2. The van der Waals surface area contributed by atoms with Crippen molar-refractivity contribution in [1.82, 2.24) is 5.16 Å². The van der Waals surface area contributed by atoms with Crippen molar-refractivity contribution in [3.63, 3.8) is 0 Å². The Labute approximate surface area is 156 Å². The van der Waals surface area contributed by atoms with Crippen molar-refractivity contribution in [2.45, 2.75) is 12.8 Å². The van der Waals surface area contributed by atoms with E-state index < -0.39 is 17.6 Å². The fourth-order valence-corrected chi connectivity index (χ4v) is 2.64. The van der Waals surface area contributed by atoms with Gasteiger partial charge < -0.3 is 14.9 Å². The lowest BCUT2D eigenvalue weighted by Crippen LogP contribution is -2.14. The SMILES string of the molecule is O=C(Nc1ccccc1CO)c1noc(-c2ccc(C(F)(F)F)cc2)c1Cl. The van der Waals surface area contributed by atoms with Crippen LogP contribution < -0.4 is 5.32 Å². The first-order valence-corrected chi connectivity index (χ1v) is 8.02. The van der Waals surface area contributed by atoms with E-state index >= 15 is 0 Å². The molecule has 9 heteroatoms. The molecular formula is C18H12ClF3N2O3. The number of para-hydroxylation sites is 1. The van der Waals surface area contributed by atoms with Gasteiger partial charge in [-0.2, -0.15) is 13.2 Å². The molecule has 0 fully saturated rings. The number of nitrogens with one attached hydrogen (secondary N) is 1. The molecule has 0 saturated carbocycles. The van der Waals surface area contributed by atoms with Crippen molar-refractivity contribution in [2.24, 2.45) is 0 Å². The highest BCUT2D eigenvalue weighted by Gasteiger charge is 2.30. The highest BCUT2D eigenvalue weighted by molar-refractivity contribution is 6.36. The smallest absolute Gasteiger partial charge is 0.392 e. The monoisotopic (exact) mass is 396 g/mol. The Bertz CT molecular complexity index is 969. The number of nitrogens with zero attached hydrogens (tertiary/aromatic N) is 1. The van der Waals surface area contributed by atoms with E-state index in [0.29, 0.717) is 11.3 Å². The number of rotatable bonds is 4. The van der Waals surface area contributed by atoms with E-state index in [-0.39, 0.29) is 28.6 Å². The Balaban J connectivity index is 1.85. The topological polar surface area (TPSA) is 75.4 Å². The van der Waals surface area contributed by atoms with Crippen LogP contribution in [0.3, 0.4) is 0 Å². The zero-order valence-electron chi connectivity index (χ0n) is 13.5. The number of amides is 1. The number of hydrogen-bond donors (Lipinski definition) is 2. The molecule has 0 aliphatic rings. The molecule has 1 aromatic heterocycles. The molecule has 1 heterocycles. The molecule has 0 radical (unpaired) electrons. The van der Waals surface area contributed by atoms with Gasteiger partial charge in [-0.15, -0.1) is 0 Å². The maximum atomic E-state index is 12.6. The second-order valence-corrected chi connectivity index (χ2v) is 5.90. The summed E-state index contributed by atoms with van der Waals surface area (Å²) in [5, 5.41) is 15.3. The first-order valence-electron chi connectivity index (χ1n) is 7.64. The Morgan fingerprint density at radius 1 is 1.15 bits per heavy atom. The Morgan fingerprint density at radius 2 is 1.81 bits per heavy atom. The molecule has 0 aliphatic heterocycles. The summed E-state index contributed by atoms with van der Waals surface area (Å²) in [6.07, 6.45) is -4.46. The molecule has 140 valence electrons. The van der Waals surface area contributed by atoms with Crippen LogP contribution in [0.5, 0.6) is 0 Å². The quantitative estimate of drug-likeness (QED) is 0.666. The van der Waals surface area contributed by atoms with Crippen LogP contribution in [-0.4, -0.2) is 16.2 Å². The van der Waals surface area contributed by atoms with Gasteiger partial charge in [0.05, 0.1) is 12.2 Å². The summed E-state index contributed by atoms with van der Waals surface area (Å²) in [6.45, 7) is -0.278. The predicted octanol–water partition coefficient (Wildman–Crippen LogP) is 4.76. The zero-order valence-corrected chi connectivity index (χ0v) is 14.3. The average Bonchev–Trinajstić information content (AvgIpc) is 3.03. The lowest BCUT2D eigenvalue weighted by Gasteiger charge is -2.08. The number of carbonyl (C=O) groups is 1. The minimum absolute atomic E-state index is 0.0222. The van der Waals surface area contributed by atoms with Crippen LogP contribution in [-0.2, 0) is 12.8 Å². The Kier molecular flexibility index (Phi) is 5.20. The molecule has 0 saturated heterocycles. The van der Waals surface area contributed by atoms with Gasteiger partial charge in [0.2, 0.25) is 0 Å². The Hall–Kier alpha value is -2.84. The van der Waals surface area contributed by atoms with Crippen molar-refractivity contribution >= 4 is 23.2 Å². The highest BCUT2D eigenvalue weighted by Crippen LogP contribution is 2.34. The van der Waals surface area contributed by atoms with Gasteiger partial charge >= 0.3 is 6.18 Å². The standard InChI is InChI=1S/C18H12ClF3N2O3/c19-14-15(17(26)23-13-4-2-1-3-11(13)9-25)24-27-16(14)10-5-7-12(8-6-10)18(20,21)22/h1-8,25H,9H2,(H,23,26). The molecule has 0 aliphatic carbocycles. The van der Waals surface area contributed by atoms with E-state index in [2.05, 4.69) is 10.5 Å². The molecule has 3 rings (SSSR count). The van der Waals surface area contributed by atoms with E-state index in [1.165, 1.54) is 12.1 Å². The number of alkyl halides is 3. The number of aromatic nitrogens is 1. The van der Waals surface area contributed by atoms with Crippen molar-refractivity contribution in [3.8, 4) is 11.3 Å². The first-order chi connectivity index (χ1) is 12.8. The van der Waals surface area contributed by atoms with Crippen LogP contribution in [0.1, 0.15) is 21.6 Å². The van der Waals surface area contributed by atoms with Crippen LogP contribution >= 0.6 is 11.6 Å². The van der Waals surface area contributed by atoms with Gasteiger partial charge in [0.25, 0.3) is 5.91 Å². The van der Waals surface area contributed by atoms with Crippen LogP contribution in [0.2, 0.25) is 5.02 Å². The number of aliphatic hydroxyl groups is 1. The van der Waals surface area contributed by atoms with E-state index in [9.17, 15) is 23.1 Å². The summed E-state index contributed by atoms with van der Waals surface area (Å²) >= 11 is 6.13. The molecule has 2 N–H and O–H groups in total. The fourth-order valence-electron chi connectivity index (χ4n) is 2.37. The largest absolute Gasteiger partial charge is 0.416 e. The predicted molar refractivity (Wildman–Crippen MR) is 92.3 cm³/mol. The van der Waals surface area contributed by atoms with E-state index in [1.54, 1.807) is 24.3 Å². The lowest BCUT2D eigenvalue weighted by atomic mass is 10.1. The number of aliphatic hydroxyl groups excluding tert-OH is 1. The summed E-state index contributed by atoms with van der Waals surface area (Å²) in [4.78, 5) is 12.4. The third-order valence-corrected chi connectivity index (χ3v) is 4.11. The van der Waals surface area contributed by atoms with Crippen LogP contribution in [0, 0.1) is 0 Å². The maximum Gasteiger partial charge on any atom is 0.416 e. The second kappa shape index (κ2) is 7.42. The van der Waals surface area contributed by atoms with Gasteiger partial charge in [0.1, 0.15) is 5.02 Å². The number of anilines is 1. The van der Waals surface area contributed by atoms with Gasteiger partial charge in [0.15, 0.2) is 11.5 Å². The summed E-state index contributed by atoms with van der Waals surface area (Å²) in [5.74, 6) is -0.700. The van der Waals surface area contributed by atoms with Gasteiger partial charge in [-0.3, -0.25) is 4.79 Å². The zero-order chi connectivity index (χ0) is 19.6. The third-order valence-electron chi connectivity index (χ3n) is 3.76. The minimum Gasteiger partial charge on any atom is -0.392 e. The summed E-state index contributed by atoms with van der Waals surface area (Å²) in [6, 6.07) is 10.7. The van der Waals surface area contributed by atoms with Crippen LogP contribution in [0.25, 0.3) is 11.3 Å². The minimum atomic E-state index is -4.46. The molecule has 0 spiro atoms. The number of carbonyl (C=O) groups excluding carboxylic acids is 1. The average molecular weight is 397 g/mol. The van der Waals surface area contributed by atoms with Gasteiger partial charge in [-0.05, 0) is 18.2 Å². The molecule has 2 aromatic carbocycles. The molecular weight excluding hydrogens is 385 g/mol. The molecule has 5 nitrogen and oxygen atoms in total. The fraction of sp³-hybridized carbons (Fsp3) is 0.111. The van der Waals surface area contributed by atoms with Crippen molar-refractivity contribution in [1.29, 1.82) is 0 Å². The normalized spacial score (nSPS) is 11.4. The lowest BCUT2D eigenvalue weighted by molar-refractivity contribution is -0.137. The molecule has 27 heavy (non-hydrogen) atoms. The molecule has 0 atom stereocenters. The van der Waals surface area contributed by atoms with Crippen molar-refractivity contribution < 1.29 is 27.6 Å². The Morgan fingerprint density at radius 3 is 2.44 bits per heavy atom. The molecule has 0 bridgehead atoms. The highest BCUT2D eigenvalue weighted by atomic mass is 35.5. The maximum absolute atomic E-state index is 12.6. The van der Waals surface area contributed by atoms with E-state index in [0.717, 1.165) is 12.1 Å². The van der Waals surface area contributed by atoms with E-state index in [4.69, 9.17) is 16.1 Å². The molecule has 1 amide bonds. The van der Waals surface area contributed by atoms with Gasteiger partial charge in [-0.25, -0.2) is 0 Å². The van der Waals surface area contributed by atoms with Crippen LogP contribution in [0.4, 0.5) is 18.9 Å². The first kappa shape index (κ1) is 18.9. The van der Waals surface area contributed by atoms with Crippen molar-refractivity contribution in [2.75, 3.05) is 5.32 Å². The second-order valence-electron chi connectivity index (χ2n) is 5.52. The van der Waals surface area contributed by atoms with Gasteiger partial charge in [-0.1, -0.05) is 47.1 Å². The number of halogens is 4. The third kappa shape index (κ3) is 3.96. The molecule has 3 aromatic rings. The van der Waals surface area contributed by atoms with Crippen LogP contribution in [0.15, 0.2) is 53.1 Å².